The van der Waals surface area contributed by atoms with E-state index in [1.54, 1.807) is 0 Å². The molecular formula is C18H23N7. The molecule has 25 heavy (non-hydrogen) atoms. The maximum atomic E-state index is 4.85. The predicted molar refractivity (Wildman–Crippen MR) is 93.3 cm³/mol. The molecule has 0 spiro atoms. The summed E-state index contributed by atoms with van der Waals surface area (Å²) in [6, 6.07) is 2.18. The minimum atomic E-state index is 0.446. The average molecular weight is 337 g/mol. The SMILES string of the molecule is Cn1cnc(CN2CCC(c3nnc4cc5c(nn34)CCC5)CC2)c1. The third-order valence-corrected chi connectivity index (χ3v) is 5.54. The molecule has 7 nitrogen and oxygen atoms in total. The van der Waals surface area contributed by atoms with E-state index in [1.165, 1.54) is 17.7 Å². The summed E-state index contributed by atoms with van der Waals surface area (Å²) >= 11 is 0. The number of rotatable bonds is 3. The van der Waals surface area contributed by atoms with Crippen LogP contribution in [0.1, 0.15) is 48.0 Å². The first-order chi connectivity index (χ1) is 12.3. The second-order valence-electron chi connectivity index (χ2n) is 7.38. The Hall–Kier alpha value is -2.28. The molecule has 2 aliphatic rings. The fraction of sp³-hybridized carbons (Fsp3) is 0.556. The molecule has 130 valence electrons. The standard InChI is InChI=1S/C18H23N7/c1-23-10-15(19-12-23)11-24-7-5-13(6-8-24)18-21-20-17-9-14-3-2-4-16(14)22-25(17)18/h9-10,12-13H,2-8,11H2,1H3. The molecule has 1 aliphatic carbocycles. The lowest BCUT2D eigenvalue weighted by Gasteiger charge is -2.30. The Morgan fingerprint density at radius 1 is 1.16 bits per heavy atom. The number of hydrogen-bond acceptors (Lipinski definition) is 5. The molecule has 0 aromatic carbocycles. The molecule has 3 aromatic rings. The fourth-order valence-corrected chi connectivity index (χ4v) is 4.18. The molecule has 1 aliphatic heterocycles. The molecule has 1 saturated heterocycles. The van der Waals surface area contributed by atoms with Crippen LogP contribution in [0.3, 0.4) is 0 Å². The predicted octanol–water partition coefficient (Wildman–Crippen LogP) is 1.73. The minimum absolute atomic E-state index is 0.446. The lowest BCUT2D eigenvalue weighted by molar-refractivity contribution is 0.199. The van der Waals surface area contributed by atoms with Crippen molar-refractivity contribution in [2.24, 2.45) is 7.05 Å². The van der Waals surface area contributed by atoms with Crippen molar-refractivity contribution < 1.29 is 0 Å². The Bertz CT molecular complexity index is 901. The highest BCUT2D eigenvalue weighted by Crippen LogP contribution is 2.28. The van der Waals surface area contributed by atoms with Gasteiger partial charge in [0.1, 0.15) is 0 Å². The van der Waals surface area contributed by atoms with Crippen LogP contribution in [0, 0.1) is 0 Å². The van der Waals surface area contributed by atoms with E-state index >= 15 is 0 Å². The van der Waals surface area contributed by atoms with Crippen LogP contribution in [0.2, 0.25) is 0 Å². The molecule has 3 aromatic heterocycles. The number of aryl methyl sites for hydroxylation is 3. The summed E-state index contributed by atoms with van der Waals surface area (Å²) in [5, 5.41) is 13.7. The van der Waals surface area contributed by atoms with Gasteiger partial charge >= 0.3 is 0 Å². The van der Waals surface area contributed by atoms with Crippen LogP contribution < -0.4 is 0 Å². The first-order valence-electron chi connectivity index (χ1n) is 9.19. The normalized spacial score (nSPS) is 18.9. The van der Waals surface area contributed by atoms with E-state index in [0.717, 1.165) is 62.5 Å². The number of nitrogens with zero attached hydrogens (tertiary/aromatic N) is 7. The van der Waals surface area contributed by atoms with Crippen molar-refractivity contribution in [3.63, 3.8) is 0 Å². The second kappa shape index (κ2) is 5.91. The van der Waals surface area contributed by atoms with Gasteiger partial charge in [0.05, 0.1) is 17.7 Å². The Morgan fingerprint density at radius 2 is 2.04 bits per heavy atom. The van der Waals surface area contributed by atoms with Crippen LogP contribution in [0.5, 0.6) is 0 Å². The highest BCUT2D eigenvalue weighted by Gasteiger charge is 2.26. The zero-order valence-electron chi connectivity index (χ0n) is 14.6. The van der Waals surface area contributed by atoms with Gasteiger partial charge in [-0.3, -0.25) is 4.90 Å². The van der Waals surface area contributed by atoms with Crippen molar-refractivity contribution in [2.45, 2.75) is 44.6 Å². The number of imidazole rings is 1. The third kappa shape index (κ3) is 2.72. The summed E-state index contributed by atoms with van der Waals surface area (Å²) in [5.74, 6) is 1.49. The fourth-order valence-electron chi connectivity index (χ4n) is 4.18. The number of piperidine rings is 1. The first-order valence-corrected chi connectivity index (χ1v) is 9.19. The number of hydrogen-bond donors (Lipinski definition) is 0. The van der Waals surface area contributed by atoms with E-state index in [2.05, 4.69) is 32.3 Å². The topological polar surface area (TPSA) is 64.1 Å². The zero-order valence-corrected chi connectivity index (χ0v) is 14.6. The van der Waals surface area contributed by atoms with Crippen LogP contribution in [-0.2, 0) is 26.4 Å². The van der Waals surface area contributed by atoms with Crippen LogP contribution in [0.15, 0.2) is 18.6 Å². The van der Waals surface area contributed by atoms with Crippen molar-refractivity contribution in [1.29, 1.82) is 0 Å². The molecule has 0 radical (unpaired) electrons. The molecule has 0 amide bonds. The van der Waals surface area contributed by atoms with Crippen molar-refractivity contribution >= 4 is 5.65 Å². The smallest absolute Gasteiger partial charge is 0.178 e. The Balaban J connectivity index is 1.31. The molecule has 1 fully saturated rings. The summed E-state index contributed by atoms with van der Waals surface area (Å²) < 4.78 is 4.01. The van der Waals surface area contributed by atoms with Gasteiger partial charge in [-0.1, -0.05) is 0 Å². The number of aromatic nitrogens is 6. The van der Waals surface area contributed by atoms with E-state index in [1.807, 2.05) is 22.5 Å². The average Bonchev–Trinajstić information content (AvgIpc) is 3.33. The quantitative estimate of drug-likeness (QED) is 0.728. The lowest BCUT2D eigenvalue weighted by Crippen LogP contribution is -2.33. The molecule has 0 bridgehead atoms. The van der Waals surface area contributed by atoms with Gasteiger partial charge in [0, 0.05) is 25.7 Å². The van der Waals surface area contributed by atoms with E-state index in [0.29, 0.717) is 5.92 Å². The van der Waals surface area contributed by atoms with E-state index in [-0.39, 0.29) is 0 Å². The Labute approximate surface area is 146 Å². The van der Waals surface area contributed by atoms with Crippen LogP contribution in [0.25, 0.3) is 5.65 Å². The van der Waals surface area contributed by atoms with Gasteiger partial charge in [0.2, 0.25) is 0 Å². The number of likely N-dealkylation sites (tertiary alicyclic amines) is 1. The first kappa shape index (κ1) is 15.0. The summed E-state index contributed by atoms with van der Waals surface area (Å²) in [5.41, 5.74) is 4.65. The van der Waals surface area contributed by atoms with Gasteiger partial charge in [-0.15, -0.1) is 10.2 Å². The highest BCUT2D eigenvalue weighted by atomic mass is 15.4. The van der Waals surface area contributed by atoms with Gasteiger partial charge < -0.3 is 4.57 Å². The van der Waals surface area contributed by atoms with Gasteiger partial charge in [-0.25, -0.2) is 4.98 Å². The van der Waals surface area contributed by atoms with Crippen LogP contribution in [-0.4, -0.2) is 47.4 Å². The van der Waals surface area contributed by atoms with Gasteiger partial charge in [-0.2, -0.15) is 9.61 Å². The number of fused-ring (bicyclic) bond motifs is 2. The largest absolute Gasteiger partial charge is 0.340 e. The maximum absolute atomic E-state index is 4.85. The van der Waals surface area contributed by atoms with Gasteiger partial charge in [0.25, 0.3) is 0 Å². The Kier molecular flexibility index (Phi) is 3.55. The summed E-state index contributed by atoms with van der Waals surface area (Å²) in [7, 11) is 2.02. The van der Waals surface area contributed by atoms with Crippen LogP contribution >= 0.6 is 0 Å². The molecule has 5 rings (SSSR count). The van der Waals surface area contributed by atoms with E-state index < -0.39 is 0 Å². The van der Waals surface area contributed by atoms with Crippen molar-refractivity contribution in [1.82, 2.24) is 34.3 Å². The van der Waals surface area contributed by atoms with Gasteiger partial charge in [0.15, 0.2) is 11.5 Å². The lowest BCUT2D eigenvalue weighted by atomic mass is 9.96. The monoisotopic (exact) mass is 337 g/mol. The van der Waals surface area contributed by atoms with Gasteiger partial charge in [-0.05, 0) is 56.8 Å². The third-order valence-electron chi connectivity index (χ3n) is 5.54. The minimum Gasteiger partial charge on any atom is -0.340 e. The molecular weight excluding hydrogens is 314 g/mol. The van der Waals surface area contributed by atoms with Crippen molar-refractivity contribution in [2.75, 3.05) is 13.1 Å². The molecule has 0 N–H and O–H groups in total. The molecule has 4 heterocycles. The Morgan fingerprint density at radius 3 is 2.84 bits per heavy atom. The maximum Gasteiger partial charge on any atom is 0.178 e. The molecule has 7 heteroatoms. The molecule has 0 saturated carbocycles. The zero-order chi connectivity index (χ0) is 16.8. The summed E-state index contributed by atoms with van der Waals surface area (Å²) in [6.45, 7) is 3.07. The second-order valence-corrected chi connectivity index (χ2v) is 7.38. The summed E-state index contributed by atoms with van der Waals surface area (Å²) in [4.78, 5) is 6.92. The molecule has 0 unspecified atom stereocenters. The van der Waals surface area contributed by atoms with E-state index in [4.69, 9.17) is 5.10 Å². The van der Waals surface area contributed by atoms with Crippen molar-refractivity contribution in [3.05, 3.63) is 41.4 Å². The van der Waals surface area contributed by atoms with Crippen LogP contribution in [0.4, 0.5) is 0 Å². The van der Waals surface area contributed by atoms with E-state index in [9.17, 15) is 0 Å². The summed E-state index contributed by atoms with van der Waals surface area (Å²) in [6.07, 6.45) is 9.61. The van der Waals surface area contributed by atoms with Crippen molar-refractivity contribution in [3.8, 4) is 0 Å². The molecule has 0 atom stereocenters. The highest BCUT2D eigenvalue weighted by molar-refractivity contribution is 5.43.